The van der Waals surface area contributed by atoms with Gasteiger partial charge in [-0.3, -0.25) is 9.59 Å². The second-order valence-electron chi connectivity index (χ2n) is 15.9. The van der Waals surface area contributed by atoms with Crippen molar-refractivity contribution in [2.45, 2.75) is 121 Å². The molecule has 0 spiro atoms. The number of carbonyl (C=O) groups excluding carboxylic acids is 2. The highest BCUT2D eigenvalue weighted by Gasteiger charge is 2.56. The summed E-state index contributed by atoms with van der Waals surface area (Å²) in [6, 6.07) is 8.66. The number of nitrogens with zero attached hydrogens (tertiary/aromatic N) is 5. The van der Waals surface area contributed by atoms with Crippen LogP contribution in [0.4, 0.5) is 0 Å². The highest BCUT2D eigenvalue weighted by Crippen LogP contribution is 2.57. The van der Waals surface area contributed by atoms with Gasteiger partial charge in [0.05, 0.1) is 18.0 Å². The molecule has 2 amide bonds. The number of fused-ring (bicyclic) bond motifs is 3. The molecule has 258 valence electrons. The minimum atomic E-state index is -0.537. The summed E-state index contributed by atoms with van der Waals surface area (Å²) in [6.07, 6.45) is 10.1. The monoisotopic (exact) mass is 655 g/mol. The maximum absolute atomic E-state index is 13.6. The highest BCUT2D eigenvalue weighted by molar-refractivity contribution is 5.94. The van der Waals surface area contributed by atoms with E-state index in [0.29, 0.717) is 35.8 Å². The van der Waals surface area contributed by atoms with Gasteiger partial charge in [0.15, 0.2) is 5.82 Å². The predicted molar refractivity (Wildman–Crippen MR) is 182 cm³/mol. The molecule has 4 fully saturated rings. The summed E-state index contributed by atoms with van der Waals surface area (Å²) < 4.78 is 0. The van der Waals surface area contributed by atoms with Crippen LogP contribution in [0, 0.1) is 40.9 Å². The van der Waals surface area contributed by atoms with Gasteiger partial charge in [-0.25, -0.2) is 0 Å². The Kier molecular flexibility index (Phi) is 9.09. The van der Waals surface area contributed by atoms with Crippen LogP contribution in [-0.4, -0.2) is 80.6 Å². The van der Waals surface area contributed by atoms with E-state index < -0.39 is 5.41 Å². The lowest BCUT2D eigenvalue weighted by Gasteiger charge is -2.50. The van der Waals surface area contributed by atoms with E-state index in [1.54, 1.807) is 0 Å². The van der Waals surface area contributed by atoms with E-state index in [1.165, 1.54) is 11.1 Å². The molecule has 0 radical (unpaired) electrons. The third-order valence-corrected chi connectivity index (χ3v) is 12.8. The van der Waals surface area contributed by atoms with Crippen LogP contribution in [0.2, 0.25) is 0 Å². The normalized spacial score (nSPS) is 31.5. The molecule has 3 saturated carbocycles. The molecule has 7 rings (SSSR count). The lowest BCUT2D eigenvalue weighted by atomic mass is 9.55. The SMILES string of the molecule is CCNC(=O)c1ccc2c(c1)CC[C@H]1CC(C(C)(C)NCC)CCC1C2(C[C@H](NCC(=O)N1C(C#N)C[C@@H]2C[C@@H]21)C1CC1)c1nn[nH]n1. The molecule has 0 bridgehead atoms. The van der Waals surface area contributed by atoms with Crippen LogP contribution in [0.3, 0.4) is 0 Å². The van der Waals surface area contributed by atoms with Crippen molar-refractivity contribution >= 4 is 11.8 Å². The fourth-order valence-corrected chi connectivity index (χ4v) is 10.1. The number of benzene rings is 1. The first-order chi connectivity index (χ1) is 23.2. The van der Waals surface area contributed by atoms with Crippen LogP contribution in [-0.2, 0) is 16.6 Å². The minimum absolute atomic E-state index is 0.0367. The molecule has 48 heavy (non-hydrogen) atoms. The number of hydrogen-bond acceptors (Lipinski definition) is 8. The molecule has 1 aromatic carbocycles. The molecule has 2 aromatic rings. The Bertz CT molecular complexity index is 1530. The Balaban J connectivity index is 1.26. The Hall–Kier alpha value is -3.36. The number of aryl methyl sites for hydroxylation is 1. The Labute approximate surface area is 284 Å². The lowest BCUT2D eigenvalue weighted by molar-refractivity contribution is -0.131. The quantitative estimate of drug-likeness (QED) is 0.269. The van der Waals surface area contributed by atoms with Gasteiger partial charge >= 0.3 is 0 Å². The van der Waals surface area contributed by atoms with Gasteiger partial charge in [0.1, 0.15) is 6.04 Å². The van der Waals surface area contributed by atoms with Gasteiger partial charge in [-0.15, -0.1) is 10.2 Å². The van der Waals surface area contributed by atoms with E-state index in [1.807, 2.05) is 17.9 Å². The van der Waals surface area contributed by atoms with Gasteiger partial charge in [0, 0.05) is 29.7 Å². The third kappa shape index (κ3) is 6.04. The first-order valence-electron chi connectivity index (χ1n) is 18.5. The van der Waals surface area contributed by atoms with Crippen molar-refractivity contribution in [1.82, 2.24) is 41.5 Å². The summed E-state index contributed by atoms with van der Waals surface area (Å²) in [6.45, 7) is 10.6. The summed E-state index contributed by atoms with van der Waals surface area (Å²) in [4.78, 5) is 28.6. The molecule has 1 saturated heterocycles. The predicted octanol–water partition coefficient (Wildman–Crippen LogP) is 3.87. The smallest absolute Gasteiger partial charge is 0.251 e. The first-order valence-corrected chi connectivity index (χ1v) is 18.5. The highest BCUT2D eigenvalue weighted by atomic mass is 16.2. The number of H-pyrrole nitrogens is 1. The number of aromatic nitrogens is 4. The van der Waals surface area contributed by atoms with Crippen LogP contribution in [0.25, 0.3) is 0 Å². The van der Waals surface area contributed by atoms with Gasteiger partial charge < -0.3 is 20.9 Å². The van der Waals surface area contributed by atoms with Crippen molar-refractivity contribution in [2.75, 3.05) is 19.6 Å². The van der Waals surface area contributed by atoms with Gasteiger partial charge in [0.2, 0.25) is 5.91 Å². The molecule has 4 aliphatic carbocycles. The Morgan fingerprint density at radius 3 is 2.65 bits per heavy atom. The molecule has 8 atom stereocenters. The summed E-state index contributed by atoms with van der Waals surface area (Å²) >= 11 is 0. The zero-order valence-electron chi connectivity index (χ0n) is 29.1. The zero-order chi connectivity index (χ0) is 33.6. The van der Waals surface area contributed by atoms with E-state index in [4.69, 9.17) is 10.2 Å². The van der Waals surface area contributed by atoms with Crippen molar-refractivity contribution in [3.63, 3.8) is 0 Å². The third-order valence-electron chi connectivity index (χ3n) is 12.8. The van der Waals surface area contributed by atoms with Crippen LogP contribution in [0.15, 0.2) is 18.2 Å². The maximum Gasteiger partial charge on any atom is 0.251 e. The van der Waals surface area contributed by atoms with Crippen molar-refractivity contribution < 1.29 is 9.59 Å². The van der Waals surface area contributed by atoms with Crippen LogP contribution < -0.4 is 16.0 Å². The second kappa shape index (κ2) is 13.2. The van der Waals surface area contributed by atoms with E-state index in [9.17, 15) is 14.9 Å². The lowest BCUT2D eigenvalue weighted by Crippen LogP contribution is -2.53. The van der Waals surface area contributed by atoms with Crippen molar-refractivity contribution in [3.8, 4) is 6.07 Å². The first kappa shape index (κ1) is 33.2. The van der Waals surface area contributed by atoms with Crippen molar-refractivity contribution in [3.05, 3.63) is 40.7 Å². The zero-order valence-corrected chi connectivity index (χ0v) is 29.1. The molecule has 5 aliphatic rings. The fraction of sp³-hybridized carbons (Fsp3) is 0.730. The summed E-state index contributed by atoms with van der Waals surface area (Å²) in [5, 5.41) is 36.8. The molecular formula is C37H53N9O2. The fourth-order valence-electron chi connectivity index (χ4n) is 10.1. The number of carbonyl (C=O) groups is 2. The minimum Gasteiger partial charge on any atom is -0.352 e. The average Bonchev–Trinajstić information content (AvgIpc) is 3.99. The summed E-state index contributed by atoms with van der Waals surface area (Å²) in [7, 11) is 0. The molecule has 11 heteroatoms. The summed E-state index contributed by atoms with van der Waals surface area (Å²) in [5.74, 6) is 2.94. The van der Waals surface area contributed by atoms with Crippen LogP contribution in [0.1, 0.15) is 113 Å². The number of likely N-dealkylation sites (tertiary alicyclic amines) is 1. The molecule has 1 aromatic heterocycles. The topological polar surface area (TPSA) is 152 Å². The standard InChI is InChI=1S/C37H53N9O2/c1-5-39-34(48)25-11-13-29-23(15-25)9-10-24-16-27(36(3,4)41-6-2)12-14-30(24)37(29,35-42-44-45-43-35)19-31(22-7-8-22)40-21-33(47)46-28(20-38)17-26-18-32(26)46/h11,13,15,22,24,26-28,30-32,40-41H,5-10,12,14,16-19,21H2,1-4H3,(H,39,48)(H,42,43,44,45)/t24-,26+,27?,28?,30?,31-,32-,37?/m0/s1. The number of piperidine rings is 1. The van der Waals surface area contributed by atoms with Crippen LogP contribution in [0.5, 0.6) is 0 Å². The average molecular weight is 656 g/mol. The van der Waals surface area contributed by atoms with Gasteiger partial charge in [-0.2, -0.15) is 10.5 Å². The van der Waals surface area contributed by atoms with E-state index >= 15 is 0 Å². The van der Waals surface area contributed by atoms with E-state index in [-0.39, 0.29) is 47.9 Å². The molecule has 4 unspecified atom stereocenters. The second-order valence-corrected chi connectivity index (χ2v) is 15.9. The number of nitrogens with one attached hydrogen (secondary N) is 4. The van der Waals surface area contributed by atoms with E-state index in [2.05, 4.69) is 65.4 Å². The summed E-state index contributed by atoms with van der Waals surface area (Å²) in [5.41, 5.74) is 2.59. The maximum atomic E-state index is 13.6. The number of rotatable bonds is 12. The number of hydrogen-bond donors (Lipinski definition) is 4. The molecule has 11 nitrogen and oxygen atoms in total. The number of tetrazole rings is 1. The van der Waals surface area contributed by atoms with Gasteiger partial charge in [-0.1, -0.05) is 18.2 Å². The number of amides is 2. The molecular weight excluding hydrogens is 602 g/mol. The van der Waals surface area contributed by atoms with Crippen molar-refractivity contribution in [1.29, 1.82) is 5.26 Å². The largest absolute Gasteiger partial charge is 0.352 e. The number of aromatic amines is 1. The van der Waals surface area contributed by atoms with E-state index in [0.717, 1.165) is 76.6 Å². The van der Waals surface area contributed by atoms with Gasteiger partial charge in [-0.05, 0) is 144 Å². The molecule has 1 aliphatic heterocycles. The number of nitriles is 1. The molecule has 4 N–H and O–H groups in total. The van der Waals surface area contributed by atoms with Crippen molar-refractivity contribution in [2.24, 2.45) is 29.6 Å². The Morgan fingerprint density at radius 1 is 1.10 bits per heavy atom. The Morgan fingerprint density at radius 2 is 1.94 bits per heavy atom. The van der Waals surface area contributed by atoms with Crippen LogP contribution >= 0.6 is 0 Å². The molecule has 2 heterocycles. The van der Waals surface area contributed by atoms with Gasteiger partial charge in [0.25, 0.3) is 5.91 Å².